The lowest BCUT2D eigenvalue weighted by Gasteiger charge is -2.06. The Kier molecular flexibility index (Phi) is 2.82. The van der Waals surface area contributed by atoms with Crippen molar-refractivity contribution in [3.8, 4) is 0 Å². The third kappa shape index (κ3) is 2.12. The summed E-state index contributed by atoms with van der Waals surface area (Å²) in [7, 11) is 0. The van der Waals surface area contributed by atoms with Crippen molar-refractivity contribution in [2.75, 3.05) is 0 Å². The maximum atomic E-state index is 12.7. The van der Waals surface area contributed by atoms with Gasteiger partial charge in [0.15, 0.2) is 11.5 Å². The molecule has 0 unspecified atom stereocenters. The molecule has 2 heterocycles. The Morgan fingerprint density at radius 1 is 1.41 bits per heavy atom. The highest BCUT2D eigenvalue weighted by Gasteiger charge is 2.36. The zero-order chi connectivity index (χ0) is 12.8. The van der Waals surface area contributed by atoms with E-state index in [1.165, 1.54) is 12.3 Å². The molecule has 0 N–H and O–H groups in total. The molecule has 0 atom stereocenters. The molecule has 8 heteroatoms. The molecule has 2 rings (SSSR count). The summed E-state index contributed by atoms with van der Waals surface area (Å²) in [5.41, 5.74) is -1.03. The van der Waals surface area contributed by atoms with Crippen LogP contribution in [0.25, 0.3) is 10.2 Å². The first-order chi connectivity index (χ1) is 7.80. The summed E-state index contributed by atoms with van der Waals surface area (Å²) in [6, 6.07) is 0. The molecule has 17 heavy (non-hydrogen) atoms. The van der Waals surface area contributed by atoms with Crippen molar-refractivity contribution >= 4 is 38.9 Å². The third-order valence-corrected chi connectivity index (χ3v) is 3.18. The van der Waals surface area contributed by atoms with Crippen LogP contribution in [0.2, 0.25) is 5.28 Å². The lowest BCUT2D eigenvalue weighted by Crippen LogP contribution is -2.09. The standard InChI is InChI=1S/C9H4ClF3N2OS/c1-3(16)4-2-17-6-5(4)14-8(10)15-7(6)9(11,12)13/h2H,1H3. The summed E-state index contributed by atoms with van der Waals surface area (Å²) in [6.45, 7) is 1.25. The largest absolute Gasteiger partial charge is 0.434 e. The van der Waals surface area contributed by atoms with Gasteiger partial charge in [-0.3, -0.25) is 4.79 Å². The van der Waals surface area contributed by atoms with Crippen LogP contribution in [0.4, 0.5) is 13.2 Å². The number of rotatable bonds is 1. The Hall–Kier alpha value is -1.21. The molecule has 90 valence electrons. The smallest absolute Gasteiger partial charge is 0.294 e. The number of hydrogen-bond donors (Lipinski definition) is 0. The fourth-order valence-corrected chi connectivity index (χ4v) is 2.56. The summed E-state index contributed by atoms with van der Waals surface area (Å²) >= 11 is 6.21. The van der Waals surface area contributed by atoms with Crippen molar-refractivity contribution in [3.63, 3.8) is 0 Å². The van der Waals surface area contributed by atoms with Gasteiger partial charge in [0.1, 0.15) is 0 Å². The van der Waals surface area contributed by atoms with Gasteiger partial charge in [-0.2, -0.15) is 13.2 Å². The number of Topliss-reactive ketones (excluding diaryl/α,β-unsaturated/α-hetero) is 1. The van der Waals surface area contributed by atoms with Crippen LogP contribution in [0, 0.1) is 0 Å². The second-order valence-corrected chi connectivity index (χ2v) is 4.44. The monoisotopic (exact) mass is 280 g/mol. The van der Waals surface area contributed by atoms with Crippen LogP contribution in [-0.2, 0) is 6.18 Å². The van der Waals surface area contributed by atoms with E-state index in [0.29, 0.717) is 0 Å². The predicted octanol–water partition coefficient (Wildman–Crippen LogP) is 3.57. The van der Waals surface area contributed by atoms with Gasteiger partial charge < -0.3 is 0 Å². The zero-order valence-electron chi connectivity index (χ0n) is 8.30. The number of carbonyl (C=O) groups is 1. The van der Waals surface area contributed by atoms with Crippen molar-refractivity contribution in [2.24, 2.45) is 0 Å². The van der Waals surface area contributed by atoms with Gasteiger partial charge in [-0.25, -0.2) is 9.97 Å². The molecule has 0 aliphatic carbocycles. The normalized spacial score (nSPS) is 12.1. The molecule has 0 saturated carbocycles. The number of thiophene rings is 1. The van der Waals surface area contributed by atoms with Gasteiger partial charge >= 0.3 is 6.18 Å². The van der Waals surface area contributed by atoms with Gasteiger partial charge in [0, 0.05) is 5.38 Å². The van der Waals surface area contributed by atoms with Crippen molar-refractivity contribution in [1.29, 1.82) is 0 Å². The minimum Gasteiger partial charge on any atom is -0.294 e. The quantitative estimate of drug-likeness (QED) is 0.592. The van der Waals surface area contributed by atoms with Crippen LogP contribution in [0.15, 0.2) is 5.38 Å². The van der Waals surface area contributed by atoms with Crippen LogP contribution in [0.1, 0.15) is 23.0 Å². The second kappa shape index (κ2) is 3.92. The molecule has 0 radical (unpaired) electrons. The number of alkyl halides is 3. The minimum absolute atomic E-state index is 0.0465. The van der Waals surface area contributed by atoms with Crippen LogP contribution in [-0.4, -0.2) is 15.8 Å². The Balaban J connectivity index is 2.84. The molecule has 0 bridgehead atoms. The minimum atomic E-state index is -4.62. The SMILES string of the molecule is CC(=O)c1csc2c(C(F)(F)F)nc(Cl)nc12. The molecule has 0 aliphatic rings. The molecular formula is C9H4ClF3N2OS. The number of carbonyl (C=O) groups excluding carboxylic acids is 1. The molecule has 0 spiro atoms. The maximum absolute atomic E-state index is 12.7. The van der Waals surface area contributed by atoms with Gasteiger partial charge in [0.2, 0.25) is 5.28 Å². The molecule has 0 aromatic carbocycles. The average molecular weight is 281 g/mol. The van der Waals surface area contributed by atoms with Crippen LogP contribution in [0.3, 0.4) is 0 Å². The lowest BCUT2D eigenvalue weighted by molar-refractivity contribution is -0.139. The van der Waals surface area contributed by atoms with Gasteiger partial charge in [0.05, 0.1) is 15.8 Å². The fraction of sp³-hybridized carbons (Fsp3) is 0.222. The average Bonchev–Trinajstić information content (AvgIpc) is 2.57. The maximum Gasteiger partial charge on any atom is 0.434 e. The molecule has 3 nitrogen and oxygen atoms in total. The first kappa shape index (κ1) is 12.3. The summed E-state index contributed by atoms with van der Waals surface area (Å²) in [6.07, 6.45) is -4.62. The number of ketones is 1. The number of nitrogens with zero attached hydrogens (tertiary/aromatic N) is 2. The summed E-state index contributed by atoms with van der Waals surface area (Å²) in [4.78, 5) is 18.1. The van der Waals surface area contributed by atoms with Crippen molar-refractivity contribution in [2.45, 2.75) is 13.1 Å². The number of halogens is 4. The fourth-order valence-electron chi connectivity index (χ4n) is 1.33. The van der Waals surface area contributed by atoms with Gasteiger partial charge in [0.25, 0.3) is 0 Å². The molecule has 2 aromatic rings. The van der Waals surface area contributed by atoms with E-state index in [9.17, 15) is 18.0 Å². The van der Waals surface area contributed by atoms with Crippen molar-refractivity contribution in [1.82, 2.24) is 9.97 Å². The van der Waals surface area contributed by atoms with Crippen molar-refractivity contribution in [3.05, 3.63) is 21.9 Å². The van der Waals surface area contributed by atoms with Crippen LogP contribution >= 0.6 is 22.9 Å². The van der Waals surface area contributed by atoms with Crippen molar-refractivity contribution < 1.29 is 18.0 Å². The molecule has 2 aromatic heterocycles. The second-order valence-electron chi connectivity index (χ2n) is 3.22. The van der Waals surface area contributed by atoms with E-state index >= 15 is 0 Å². The Morgan fingerprint density at radius 2 is 2.06 bits per heavy atom. The van der Waals surface area contributed by atoms with E-state index in [1.54, 1.807) is 0 Å². The highest BCUT2D eigenvalue weighted by Crippen LogP contribution is 2.37. The van der Waals surface area contributed by atoms with E-state index in [1.807, 2.05) is 0 Å². The molecular weight excluding hydrogens is 277 g/mol. The van der Waals surface area contributed by atoms with Gasteiger partial charge in [-0.1, -0.05) is 0 Å². The zero-order valence-corrected chi connectivity index (χ0v) is 9.87. The first-order valence-corrected chi connectivity index (χ1v) is 5.59. The molecule has 0 amide bonds. The first-order valence-electron chi connectivity index (χ1n) is 4.33. The van der Waals surface area contributed by atoms with E-state index in [4.69, 9.17) is 11.6 Å². The highest BCUT2D eigenvalue weighted by molar-refractivity contribution is 7.17. The van der Waals surface area contributed by atoms with E-state index in [0.717, 1.165) is 11.3 Å². The van der Waals surface area contributed by atoms with E-state index in [2.05, 4.69) is 9.97 Å². The molecule has 0 saturated heterocycles. The van der Waals surface area contributed by atoms with Crippen LogP contribution < -0.4 is 0 Å². The Labute approximate surface area is 102 Å². The van der Waals surface area contributed by atoms with E-state index in [-0.39, 0.29) is 21.6 Å². The Bertz CT molecular complexity index is 608. The van der Waals surface area contributed by atoms with E-state index < -0.39 is 17.2 Å². The summed E-state index contributed by atoms with van der Waals surface area (Å²) < 4.78 is 37.9. The Morgan fingerprint density at radius 3 is 2.59 bits per heavy atom. The molecule has 0 fully saturated rings. The lowest BCUT2D eigenvalue weighted by atomic mass is 10.2. The summed E-state index contributed by atoms with van der Waals surface area (Å²) in [5, 5.41) is 0.804. The van der Waals surface area contributed by atoms with Gasteiger partial charge in [-0.15, -0.1) is 11.3 Å². The highest BCUT2D eigenvalue weighted by atomic mass is 35.5. The van der Waals surface area contributed by atoms with Gasteiger partial charge in [-0.05, 0) is 18.5 Å². The topological polar surface area (TPSA) is 42.9 Å². The third-order valence-electron chi connectivity index (χ3n) is 2.04. The number of fused-ring (bicyclic) bond motifs is 1. The summed E-state index contributed by atoms with van der Waals surface area (Å²) in [5.74, 6) is -0.362. The number of aromatic nitrogens is 2. The predicted molar refractivity (Wildman–Crippen MR) is 57.4 cm³/mol. The number of hydrogen-bond acceptors (Lipinski definition) is 4. The van der Waals surface area contributed by atoms with Crippen LogP contribution in [0.5, 0.6) is 0 Å². The molecule has 0 aliphatic heterocycles.